The van der Waals surface area contributed by atoms with Gasteiger partial charge in [-0.3, -0.25) is 4.79 Å². The fourth-order valence-electron chi connectivity index (χ4n) is 3.54. The summed E-state index contributed by atoms with van der Waals surface area (Å²) < 4.78 is 5.15. The number of ether oxygens (including phenoxy) is 1. The van der Waals surface area contributed by atoms with Crippen molar-refractivity contribution in [2.45, 2.75) is 58.8 Å². The van der Waals surface area contributed by atoms with Crippen molar-refractivity contribution >= 4 is 23.5 Å². The van der Waals surface area contributed by atoms with Crippen molar-refractivity contribution in [3.8, 4) is 0 Å². The standard InChI is InChI=1S/C16H24O3S/c1-13(2,3)19-11(17)10-8-16(20-9-10)14(4,5)12(18)15(16,6)7/h8H,9H2,1-7H3. The maximum absolute atomic E-state index is 12.3. The highest BCUT2D eigenvalue weighted by atomic mass is 32.2. The van der Waals surface area contributed by atoms with Crippen LogP contribution in [0.2, 0.25) is 0 Å². The largest absolute Gasteiger partial charge is 0.457 e. The van der Waals surface area contributed by atoms with Crippen LogP contribution >= 0.6 is 11.8 Å². The molecule has 1 saturated carbocycles. The van der Waals surface area contributed by atoms with Gasteiger partial charge in [0.15, 0.2) is 0 Å². The van der Waals surface area contributed by atoms with E-state index >= 15 is 0 Å². The van der Waals surface area contributed by atoms with Crippen LogP contribution in [-0.4, -0.2) is 27.9 Å². The van der Waals surface area contributed by atoms with Gasteiger partial charge in [-0.15, -0.1) is 11.8 Å². The smallest absolute Gasteiger partial charge is 0.335 e. The number of thioether (sulfide) groups is 1. The van der Waals surface area contributed by atoms with E-state index in [2.05, 4.69) is 0 Å². The van der Waals surface area contributed by atoms with Crippen LogP contribution in [0.25, 0.3) is 0 Å². The summed E-state index contributed by atoms with van der Waals surface area (Å²) in [6.45, 7) is 13.5. The number of Topliss-reactive ketones (excluding diaryl/α,β-unsaturated/α-hetero) is 1. The molecule has 0 unspecified atom stereocenters. The Bertz CT molecular complexity index is 488. The Morgan fingerprint density at radius 1 is 1.20 bits per heavy atom. The molecule has 0 bridgehead atoms. The number of carbonyl (C=O) groups is 2. The normalized spacial score (nSPS) is 26.1. The second-order valence-electron chi connectivity index (χ2n) is 7.77. The number of carbonyl (C=O) groups excluding carboxylic acids is 2. The third-order valence-electron chi connectivity index (χ3n) is 4.49. The van der Waals surface area contributed by atoms with E-state index in [9.17, 15) is 9.59 Å². The lowest BCUT2D eigenvalue weighted by atomic mass is 9.46. The molecule has 1 spiro atoms. The van der Waals surface area contributed by atoms with E-state index in [0.717, 1.165) is 0 Å². The highest BCUT2D eigenvalue weighted by molar-refractivity contribution is 8.01. The molecule has 0 amide bonds. The molecule has 4 heteroatoms. The van der Waals surface area contributed by atoms with Gasteiger partial charge in [0, 0.05) is 22.2 Å². The average Bonchev–Trinajstić information content (AvgIpc) is 2.72. The summed E-state index contributed by atoms with van der Waals surface area (Å²) in [5.74, 6) is 0.627. The third-order valence-corrected chi connectivity index (χ3v) is 6.54. The van der Waals surface area contributed by atoms with Gasteiger partial charge in [0.25, 0.3) is 0 Å². The van der Waals surface area contributed by atoms with Crippen molar-refractivity contribution in [1.82, 2.24) is 0 Å². The van der Waals surface area contributed by atoms with Gasteiger partial charge < -0.3 is 4.74 Å². The lowest BCUT2D eigenvalue weighted by Gasteiger charge is -2.62. The molecule has 1 fully saturated rings. The fourth-order valence-corrected chi connectivity index (χ4v) is 5.26. The Morgan fingerprint density at radius 3 is 2.15 bits per heavy atom. The van der Waals surface area contributed by atoms with E-state index < -0.39 is 16.4 Å². The minimum atomic E-state index is -0.487. The van der Waals surface area contributed by atoms with Crippen LogP contribution in [0.15, 0.2) is 11.6 Å². The van der Waals surface area contributed by atoms with Gasteiger partial charge in [0.05, 0.1) is 4.75 Å². The number of ketones is 1. The summed E-state index contributed by atoms with van der Waals surface area (Å²) in [6, 6.07) is 0. The zero-order valence-electron chi connectivity index (χ0n) is 13.4. The van der Waals surface area contributed by atoms with Gasteiger partial charge in [-0.25, -0.2) is 4.79 Å². The molecule has 2 aliphatic rings. The maximum atomic E-state index is 12.3. The summed E-state index contributed by atoms with van der Waals surface area (Å²) in [5, 5.41) is 0. The zero-order chi connectivity index (χ0) is 15.6. The summed E-state index contributed by atoms with van der Waals surface area (Å²) in [7, 11) is 0. The van der Waals surface area contributed by atoms with Crippen LogP contribution in [0.1, 0.15) is 48.5 Å². The summed E-state index contributed by atoms with van der Waals surface area (Å²) in [6.07, 6.45) is 1.99. The molecule has 0 aromatic rings. The molecule has 0 N–H and O–H groups in total. The SMILES string of the molecule is CC(C)(C)OC(=O)C1=CC2(SC1)C(C)(C)C(=O)C2(C)C. The highest BCUT2D eigenvalue weighted by Crippen LogP contribution is 2.68. The second-order valence-corrected chi connectivity index (χ2v) is 9.00. The molecule has 0 aromatic heterocycles. The predicted molar refractivity (Wildman–Crippen MR) is 81.7 cm³/mol. The van der Waals surface area contributed by atoms with E-state index in [1.807, 2.05) is 54.5 Å². The van der Waals surface area contributed by atoms with E-state index in [4.69, 9.17) is 4.74 Å². The van der Waals surface area contributed by atoms with Gasteiger partial charge in [-0.2, -0.15) is 0 Å². The molecule has 20 heavy (non-hydrogen) atoms. The Hall–Kier alpha value is -0.770. The Labute approximate surface area is 125 Å². The van der Waals surface area contributed by atoms with Crippen molar-refractivity contribution in [2.24, 2.45) is 10.8 Å². The van der Waals surface area contributed by atoms with Crippen LogP contribution in [-0.2, 0) is 14.3 Å². The van der Waals surface area contributed by atoms with E-state index in [1.54, 1.807) is 11.8 Å². The van der Waals surface area contributed by atoms with Crippen LogP contribution in [0, 0.1) is 10.8 Å². The highest BCUT2D eigenvalue weighted by Gasteiger charge is 2.72. The van der Waals surface area contributed by atoms with Gasteiger partial charge in [-0.05, 0) is 20.8 Å². The summed E-state index contributed by atoms with van der Waals surface area (Å²) in [5.41, 5.74) is -0.645. The van der Waals surface area contributed by atoms with Crippen LogP contribution in [0.5, 0.6) is 0 Å². The monoisotopic (exact) mass is 296 g/mol. The molecule has 1 heterocycles. The third kappa shape index (κ3) is 1.87. The van der Waals surface area contributed by atoms with Gasteiger partial charge in [0.2, 0.25) is 0 Å². The van der Waals surface area contributed by atoms with Crippen molar-refractivity contribution in [2.75, 3.05) is 5.75 Å². The minimum Gasteiger partial charge on any atom is -0.457 e. The Kier molecular flexibility index (Phi) is 3.22. The van der Waals surface area contributed by atoms with Crippen LogP contribution in [0.3, 0.4) is 0 Å². The summed E-state index contributed by atoms with van der Waals surface area (Å²) >= 11 is 1.70. The molecule has 0 radical (unpaired) electrons. The Balaban J connectivity index is 2.31. The Morgan fingerprint density at radius 2 is 1.70 bits per heavy atom. The van der Waals surface area contributed by atoms with Gasteiger partial charge >= 0.3 is 5.97 Å². The fraction of sp³-hybridized carbons (Fsp3) is 0.750. The predicted octanol–water partition coefficient (Wildman–Crippen LogP) is 3.38. The number of rotatable bonds is 1. The average molecular weight is 296 g/mol. The molecular weight excluding hydrogens is 272 g/mol. The molecule has 0 saturated heterocycles. The molecule has 1 aliphatic heterocycles. The molecule has 3 nitrogen and oxygen atoms in total. The quantitative estimate of drug-likeness (QED) is 0.696. The zero-order valence-corrected chi connectivity index (χ0v) is 14.2. The molecular formula is C16H24O3S. The number of esters is 1. The molecule has 1 aliphatic carbocycles. The van der Waals surface area contributed by atoms with Crippen molar-refractivity contribution < 1.29 is 14.3 Å². The van der Waals surface area contributed by atoms with Crippen LogP contribution in [0.4, 0.5) is 0 Å². The molecule has 0 atom stereocenters. The first-order valence-corrected chi connectivity index (χ1v) is 7.98. The first-order valence-electron chi connectivity index (χ1n) is 6.99. The first kappa shape index (κ1) is 15.6. The lowest BCUT2D eigenvalue weighted by molar-refractivity contribution is -0.156. The summed E-state index contributed by atoms with van der Waals surface area (Å²) in [4.78, 5) is 24.5. The van der Waals surface area contributed by atoms with Crippen molar-refractivity contribution in [1.29, 1.82) is 0 Å². The first-order chi connectivity index (χ1) is 8.85. The maximum Gasteiger partial charge on any atom is 0.335 e. The molecule has 2 rings (SSSR count). The molecule has 112 valence electrons. The van der Waals surface area contributed by atoms with E-state index in [0.29, 0.717) is 11.3 Å². The number of hydrogen-bond donors (Lipinski definition) is 0. The van der Waals surface area contributed by atoms with E-state index in [-0.39, 0.29) is 16.5 Å². The molecule has 0 aromatic carbocycles. The van der Waals surface area contributed by atoms with Crippen LogP contribution < -0.4 is 0 Å². The second kappa shape index (κ2) is 4.12. The van der Waals surface area contributed by atoms with Gasteiger partial charge in [0.1, 0.15) is 11.4 Å². The van der Waals surface area contributed by atoms with E-state index in [1.165, 1.54) is 0 Å². The number of hydrogen-bond acceptors (Lipinski definition) is 4. The van der Waals surface area contributed by atoms with Crippen molar-refractivity contribution in [3.63, 3.8) is 0 Å². The van der Waals surface area contributed by atoms with Crippen molar-refractivity contribution in [3.05, 3.63) is 11.6 Å². The lowest BCUT2D eigenvalue weighted by Crippen LogP contribution is -2.70. The van der Waals surface area contributed by atoms with Gasteiger partial charge in [-0.1, -0.05) is 33.8 Å². The topological polar surface area (TPSA) is 43.4 Å². The minimum absolute atomic E-state index is 0.257.